The molecule has 1 aliphatic heterocycles. The van der Waals surface area contributed by atoms with Crippen molar-refractivity contribution >= 4 is 28.5 Å². The van der Waals surface area contributed by atoms with Gasteiger partial charge in [-0.2, -0.15) is 10.4 Å². The first-order chi connectivity index (χ1) is 13.6. The number of carbonyl (C=O) groups is 1. The Labute approximate surface area is 169 Å². The van der Waals surface area contributed by atoms with Crippen LogP contribution >= 0.6 is 11.8 Å². The summed E-state index contributed by atoms with van der Waals surface area (Å²) in [6, 6.07) is 5.65. The van der Waals surface area contributed by atoms with Crippen LogP contribution in [0.25, 0.3) is 0 Å². The van der Waals surface area contributed by atoms with Crippen molar-refractivity contribution in [3.05, 3.63) is 23.8 Å². The molecular weight excluding hydrogens is 378 g/mol. The second-order valence-electron chi connectivity index (χ2n) is 5.97. The quantitative estimate of drug-likeness (QED) is 0.235. The summed E-state index contributed by atoms with van der Waals surface area (Å²) in [6.45, 7) is 1.14. The number of hydrogen-bond donors (Lipinski definition) is 1. The number of rotatable bonds is 8. The van der Waals surface area contributed by atoms with Crippen molar-refractivity contribution < 1.29 is 14.3 Å². The Morgan fingerprint density at radius 1 is 1.32 bits per heavy atom. The van der Waals surface area contributed by atoms with Crippen molar-refractivity contribution in [3.63, 3.8) is 0 Å². The number of carbonyl (C=O) groups excluding carboxylic acids is 1. The van der Waals surface area contributed by atoms with E-state index in [1.165, 1.54) is 11.8 Å². The predicted molar refractivity (Wildman–Crippen MR) is 111 cm³/mol. The predicted octanol–water partition coefficient (Wildman–Crippen LogP) is 2.60. The third-order valence-corrected chi connectivity index (χ3v) is 4.83. The van der Waals surface area contributed by atoms with Crippen molar-refractivity contribution in [2.24, 2.45) is 10.1 Å². The van der Waals surface area contributed by atoms with E-state index in [4.69, 9.17) is 14.7 Å². The molecule has 8 nitrogen and oxygen atoms in total. The summed E-state index contributed by atoms with van der Waals surface area (Å²) >= 11 is 1.40. The van der Waals surface area contributed by atoms with Gasteiger partial charge in [-0.3, -0.25) is 15.1 Å². The first-order valence-corrected chi connectivity index (χ1v) is 10.2. The number of nitrogens with one attached hydrogen (secondary N) is 1. The average molecular weight is 404 g/mol. The maximum Gasteiger partial charge on any atom is 0.243 e. The largest absolute Gasteiger partial charge is 0.493 e. The van der Waals surface area contributed by atoms with E-state index < -0.39 is 0 Å². The molecule has 0 saturated heterocycles. The van der Waals surface area contributed by atoms with Gasteiger partial charge in [0.2, 0.25) is 5.91 Å². The molecule has 1 aromatic rings. The molecule has 0 bridgehead atoms. The number of hydrazone groups is 1. The van der Waals surface area contributed by atoms with Gasteiger partial charge in [-0.05, 0) is 37.3 Å². The first-order valence-electron chi connectivity index (χ1n) is 8.96. The van der Waals surface area contributed by atoms with Crippen LogP contribution in [0.2, 0.25) is 0 Å². The molecule has 0 fully saturated rings. The lowest BCUT2D eigenvalue weighted by Crippen LogP contribution is -2.32. The van der Waals surface area contributed by atoms with Crippen molar-refractivity contribution in [3.8, 4) is 17.7 Å². The van der Waals surface area contributed by atoms with E-state index in [0.29, 0.717) is 42.6 Å². The van der Waals surface area contributed by atoms with E-state index in [9.17, 15) is 4.79 Å². The van der Waals surface area contributed by atoms with Crippen molar-refractivity contribution in [2.75, 3.05) is 33.6 Å². The zero-order valence-electron chi connectivity index (χ0n) is 16.4. The zero-order valence-corrected chi connectivity index (χ0v) is 17.2. The molecule has 1 aromatic carbocycles. The molecule has 0 spiro atoms. The summed E-state index contributed by atoms with van der Waals surface area (Å²) < 4.78 is 10.6. The molecule has 28 heavy (non-hydrogen) atoms. The number of amides is 1. The number of benzene rings is 1. The topological polar surface area (TPSA) is 99.3 Å². The van der Waals surface area contributed by atoms with Gasteiger partial charge in [-0.25, -0.2) is 5.01 Å². The molecule has 0 saturated carbocycles. The fourth-order valence-corrected chi connectivity index (χ4v) is 3.12. The van der Waals surface area contributed by atoms with Gasteiger partial charge < -0.3 is 9.47 Å². The highest BCUT2D eigenvalue weighted by atomic mass is 32.2. The van der Waals surface area contributed by atoms with Crippen molar-refractivity contribution in [2.45, 2.75) is 25.7 Å². The average Bonchev–Trinajstić information content (AvgIpc) is 2.73. The third kappa shape index (κ3) is 5.89. The lowest BCUT2D eigenvalue weighted by atomic mass is 10.0. The number of hydrogen-bond acceptors (Lipinski definition) is 7. The Morgan fingerprint density at radius 3 is 2.79 bits per heavy atom. The summed E-state index contributed by atoms with van der Waals surface area (Å²) in [5, 5.41) is 17.9. The number of unbranched alkanes of at least 4 members (excludes halogenated alkanes) is 1. The lowest BCUT2D eigenvalue weighted by molar-refractivity contribution is -0.131. The van der Waals surface area contributed by atoms with Crippen molar-refractivity contribution in [1.29, 1.82) is 5.26 Å². The Balaban J connectivity index is 1.98. The van der Waals surface area contributed by atoms with Gasteiger partial charge in [-0.15, -0.1) is 0 Å². The van der Waals surface area contributed by atoms with Crippen LogP contribution < -0.4 is 14.8 Å². The summed E-state index contributed by atoms with van der Waals surface area (Å²) in [4.78, 5) is 16.5. The molecule has 1 heterocycles. The van der Waals surface area contributed by atoms with Crippen LogP contribution in [-0.2, 0) is 4.79 Å². The Kier molecular flexibility index (Phi) is 8.62. The highest BCUT2D eigenvalue weighted by Gasteiger charge is 2.21. The molecule has 0 aliphatic carbocycles. The fourth-order valence-electron chi connectivity index (χ4n) is 2.76. The van der Waals surface area contributed by atoms with E-state index in [-0.39, 0.29) is 5.91 Å². The number of nitrogens with zero attached hydrogens (tertiary/aromatic N) is 4. The van der Waals surface area contributed by atoms with Crippen LogP contribution in [0.4, 0.5) is 0 Å². The highest BCUT2D eigenvalue weighted by Crippen LogP contribution is 2.29. The Hall–Kier alpha value is -2.73. The molecule has 1 N–H and O–H groups in total. The Bertz CT molecular complexity index is 788. The van der Waals surface area contributed by atoms with E-state index in [0.717, 1.165) is 24.1 Å². The van der Waals surface area contributed by atoms with Crippen LogP contribution in [0.5, 0.6) is 11.5 Å². The molecule has 1 aliphatic rings. The maximum atomic E-state index is 12.2. The summed E-state index contributed by atoms with van der Waals surface area (Å²) in [7, 11) is 3.19. The smallest absolute Gasteiger partial charge is 0.243 e. The monoisotopic (exact) mass is 403 g/mol. The van der Waals surface area contributed by atoms with Crippen LogP contribution in [-0.4, -0.2) is 55.4 Å². The van der Waals surface area contributed by atoms with Gasteiger partial charge in [0.1, 0.15) is 0 Å². The minimum absolute atomic E-state index is 0.0312. The van der Waals surface area contributed by atoms with E-state index in [2.05, 4.69) is 15.4 Å². The van der Waals surface area contributed by atoms with Gasteiger partial charge in [0, 0.05) is 31.5 Å². The second-order valence-corrected chi connectivity index (χ2v) is 6.76. The summed E-state index contributed by atoms with van der Waals surface area (Å²) in [6.07, 6.45) is 6.36. The molecule has 2 rings (SSSR count). The van der Waals surface area contributed by atoms with Crippen LogP contribution in [0.3, 0.4) is 0 Å². The van der Waals surface area contributed by atoms with Crippen LogP contribution in [0, 0.1) is 11.5 Å². The Morgan fingerprint density at radius 2 is 2.11 bits per heavy atom. The minimum atomic E-state index is 0.0312. The van der Waals surface area contributed by atoms with Gasteiger partial charge in [0.25, 0.3) is 0 Å². The molecule has 0 radical (unpaired) electrons. The number of nitriles is 1. The minimum Gasteiger partial charge on any atom is -0.493 e. The molecule has 0 atom stereocenters. The van der Waals surface area contributed by atoms with Crippen molar-refractivity contribution in [1.82, 2.24) is 10.3 Å². The molecule has 0 unspecified atom stereocenters. The zero-order chi connectivity index (χ0) is 20.4. The SMILES string of the molecule is COc1ccc(C2=NN(CCCC/N=C(/NC#N)SC)C(=O)CC2)cc1OC. The molecular formula is C19H25N5O3S. The molecule has 9 heteroatoms. The highest BCUT2D eigenvalue weighted by molar-refractivity contribution is 8.13. The van der Waals surface area contributed by atoms with E-state index in [1.54, 1.807) is 19.2 Å². The number of ether oxygens (including phenoxy) is 2. The third-order valence-electron chi connectivity index (χ3n) is 4.21. The number of aliphatic imine (C=N–C) groups is 1. The summed E-state index contributed by atoms with van der Waals surface area (Å²) in [5.74, 6) is 1.33. The molecule has 150 valence electrons. The standard InChI is InChI=1S/C19H25N5O3S/c1-26-16-8-6-14(12-17(16)27-2)15-7-9-18(25)24(23-15)11-5-4-10-21-19(28-3)22-13-20/h6,8,12H,4-5,7,9-11H2,1-3H3,(H,21,22). The number of thioether (sulfide) groups is 1. The normalized spacial score (nSPS) is 14.4. The first kappa shape index (κ1) is 21.6. The van der Waals surface area contributed by atoms with Crippen LogP contribution in [0.15, 0.2) is 28.3 Å². The van der Waals surface area contributed by atoms with Gasteiger partial charge in [-0.1, -0.05) is 11.8 Å². The van der Waals surface area contributed by atoms with Crippen LogP contribution in [0.1, 0.15) is 31.2 Å². The second kappa shape index (κ2) is 11.2. The number of amidine groups is 1. The van der Waals surface area contributed by atoms with Gasteiger partial charge in [0.15, 0.2) is 22.9 Å². The van der Waals surface area contributed by atoms with E-state index >= 15 is 0 Å². The van der Waals surface area contributed by atoms with Gasteiger partial charge in [0.05, 0.1) is 19.9 Å². The lowest BCUT2D eigenvalue weighted by Gasteiger charge is -2.24. The molecule has 1 amide bonds. The summed E-state index contributed by atoms with van der Waals surface area (Å²) in [5.41, 5.74) is 1.79. The fraction of sp³-hybridized carbons (Fsp3) is 0.474. The molecule has 0 aromatic heterocycles. The number of methoxy groups -OCH3 is 2. The maximum absolute atomic E-state index is 12.2. The van der Waals surface area contributed by atoms with Gasteiger partial charge >= 0.3 is 0 Å². The van der Waals surface area contributed by atoms with E-state index in [1.807, 2.05) is 30.6 Å².